The SMILES string of the molecule is COc1ccc(C(=O)N2CC(Oc3ccncc3)C2)cc1. The predicted molar refractivity (Wildman–Crippen MR) is 77.6 cm³/mol. The van der Waals surface area contributed by atoms with Crippen molar-refractivity contribution in [1.29, 1.82) is 0 Å². The molecule has 5 nitrogen and oxygen atoms in total. The summed E-state index contributed by atoms with van der Waals surface area (Å²) in [5.74, 6) is 1.55. The highest BCUT2D eigenvalue weighted by Crippen LogP contribution is 2.20. The maximum Gasteiger partial charge on any atom is 0.254 e. The fourth-order valence-electron chi connectivity index (χ4n) is 2.20. The van der Waals surface area contributed by atoms with E-state index in [4.69, 9.17) is 9.47 Å². The monoisotopic (exact) mass is 284 g/mol. The average Bonchev–Trinajstić information content (AvgIpc) is 2.51. The van der Waals surface area contributed by atoms with E-state index in [-0.39, 0.29) is 12.0 Å². The van der Waals surface area contributed by atoms with Gasteiger partial charge >= 0.3 is 0 Å². The second kappa shape index (κ2) is 5.83. The number of likely N-dealkylation sites (tertiary alicyclic amines) is 1. The van der Waals surface area contributed by atoms with E-state index in [1.807, 2.05) is 12.1 Å². The number of pyridine rings is 1. The lowest BCUT2D eigenvalue weighted by Gasteiger charge is -2.39. The van der Waals surface area contributed by atoms with Gasteiger partial charge in [-0.3, -0.25) is 9.78 Å². The Morgan fingerprint density at radius 2 is 1.76 bits per heavy atom. The Hall–Kier alpha value is -2.56. The molecule has 108 valence electrons. The zero-order valence-corrected chi connectivity index (χ0v) is 11.7. The molecule has 2 heterocycles. The van der Waals surface area contributed by atoms with E-state index in [9.17, 15) is 4.79 Å². The van der Waals surface area contributed by atoms with Crippen molar-refractivity contribution in [2.75, 3.05) is 20.2 Å². The van der Waals surface area contributed by atoms with Crippen LogP contribution in [-0.2, 0) is 0 Å². The fourth-order valence-corrected chi connectivity index (χ4v) is 2.20. The summed E-state index contributed by atoms with van der Waals surface area (Å²) in [7, 11) is 1.60. The number of hydrogen-bond acceptors (Lipinski definition) is 4. The molecule has 0 radical (unpaired) electrons. The fraction of sp³-hybridized carbons (Fsp3) is 0.250. The molecule has 21 heavy (non-hydrogen) atoms. The van der Waals surface area contributed by atoms with Gasteiger partial charge < -0.3 is 14.4 Å². The molecular weight excluding hydrogens is 268 g/mol. The molecule has 0 atom stereocenters. The first-order valence-corrected chi connectivity index (χ1v) is 6.76. The molecule has 2 aromatic rings. The first-order valence-electron chi connectivity index (χ1n) is 6.76. The van der Waals surface area contributed by atoms with Gasteiger partial charge in [-0.05, 0) is 36.4 Å². The second-order valence-corrected chi connectivity index (χ2v) is 4.86. The van der Waals surface area contributed by atoms with Crippen molar-refractivity contribution in [3.63, 3.8) is 0 Å². The van der Waals surface area contributed by atoms with Crippen LogP contribution in [0.25, 0.3) is 0 Å². The zero-order valence-electron chi connectivity index (χ0n) is 11.7. The summed E-state index contributed by atoms with van der Waals surface area (Å²) >= 11 is 0. The number of carbonyl (C=O) groups excluding carboxylic acids is 1. The number of benzene rings is 1. The standard InChI is InChI=1S/C16H16N2O3/c1-20-13-4-2-12(3-5-13)16(19)18-10-15(11-18)21-14-6-8-17-9-7-14/h2-9,15H,10-11H2,1H3. The summed E-state index contributed by atoms with van der Waals surface area (Å²) in [6.45, 7) is 1.21. The number of carbonyl (C=O) groups is 1. The Bertz CT molecular complexity index is 607. The topological polar surface area (TPSA) is 51.7 Å². The van der Waals surface area contributed by atoms with Gasteiger partial charge in [-0.1, -0.05) is 0 Å². The number of amides is 1. The smallest absolute Gasteiger partial charge is 0.254 e. The van der Waals surface area contributed by atoms with Gasteiger partial charge in [0.1, 0.15) is 17.6 Å². The minimum Gasteiger partial charge on any atom is -0.497 e. The molecule has 1 saturated heterocycles. The van der Waals surface area contributed by atoms with Crippen LogP contribution < -0.4 is 9.47 Å². The molecule has 0 aliphatic carbocycles. The van der Waals surface area contributed by atoms with Crippen LogP contribution in [0.2, 0.25) is 0 Å². The number of methoxy groups -OCH3 is 1. The number of ether oxygens (including phenoxy) is 2. The maximum atomic E-state index is 12.2. The highest BCUT2D eigenvalue weighted by molar-refractivity contribution is 5.94. The molecule has 1 fully saturated rings. The van der Waals surface area contributed by atoms with Gasteiger partial charge in [0.25, 0.3) is 5.91 Å². The lowest BCUT2D eigenvalue weighted by Crippen LogP contribution is -2.56. The van der Waals surface area contributed by atoms with Crippen LogP contribution >= 0.6 is 0 Å². The van der Waals surface area contributed by atoms with E-state index >= 15 is 0 Å². The molecule has 0 N–H and O–H groups in total. The Morgan fingerprint density at radius 1 is 1.10 bits per heavy atom. The van der Waals surface area contributed by atoms with Gasteiger partial charge in [-0.25, -0.2) is 0 Å². The summed E-state index contributed by atoms with van der Waals surface area (Å²) in [5.41, 5.74) is 0.665. The average molecular weight is 284 g/mol. The van der Waals surface area contributed by atoms with Crippen LogP contribution in [0, 0.1) is 0 Å². The minimum atomic E-state index is 0.0206. The second-order valence-electron chi connectivity index (χ2n) is 4.86. The minimum absolute atomic E-state index is 0.0206. The highest BCUT2D eigenvalue weighted by atomic mass is 16.5. The van der Waals surface area contributed by atoms with Crippen LogP contribution in [-0.4, -0.2) is 42.1 Å². The Labute approximate surface area is 123 Å². The van der Waals surface area contributed by atoms with E-state index in [1.54, 1.807) is 48.7 Å². The lowest BCUT2D eigenvalue weighted by atomic mass is 10.1. The van der Waals surface area contributed by atoms with Gasteiger partial charge in [0.2, 0.25) is 0 Å². The molecular formula is C16H16N2O3. The summed E-state index contributed by atoms with van der Waals surface area (Å²) < 4.78 is 10.8. The van der Waals surface area contributed by atoms with E-state index in [0.717, 1.165) is 11.5 Å². The van der Waals surface area contributed by atoms with Crippen molar-refractivity contribution < 1.29 is 14.3 Å². The highest BCUT2D eigenvalue weighted by Gasteiger charge is 2.32. The van der Waals surface area contributed by atoms with Crippen LogP contribution in [0.4, 0.5) is 0 Å². The Balaban J connectivity index is 1.54. The molecule has 1 aliphatic heterocycles. The molecule has 1 aromatic carbocycles. The third-order valence-electron chi connectivity index (χ3n) is 3.42. The molecule has 3 rings (SSSR count). The number of rotatable bonds is 4. The van der Waals surface area contributed by atoms with E-state index in [0.29, 0.717) is 18.7 Å². The first kappa shape index (κ1) is 13.4. The predicted octanol–water partition coefficient (Wildman–Crippen LogP) is 1.99. The van der Waals surface area contributed by atoms with Crippen LogP contribution in [0.5, 0.6) is 11.5 Å². The molecule has 0 unspecified atom stereocenters. The van der Waals surface area contributed by atoms with E-state index in [2.05, 4.69) is 4.98 Å². The third kappa shape index (κ3) is 2.97. The Morgan fingerprint density at radius 3 is 2.38 bits per heavy atom. The van der Waals surface area contributed by atoms with E-state index < -0.39 is 0 Å². The molecule has 1 amide bonds. The number of nitrogens with zero attached hydrogens (tertiary/aromatic N) is 2. The summed E-state index contributed by atoms with van der Waals surface area (Å²) in [6.07, 6.45) is 3.43. The van der Waals surface area contributed by atoms with Crippen molar-refractivity contribution in [3.8, 4) is 11.5 Å². The van der Waals surface area contributed by atoms with Gasteiger partial charge in [0.15, 0.2) is 0 Å². The van der Waals surface area contributed by atoms with E-state index in [1.165, 1.54) is 0 Å². The molecule has 0 bridgehead atoms. The number of aromatic nitrogens is 1. The van der Waals surface area contributed by atoms with Crippen LogP contribution in [0.15, 0.2) is 48.8 Å². The van der Waals surface area contributed by atoms with Gasteiger partial charge in [0, 0.05) is 18.0 Å². The normalized spacial score (nSPS) is 14.4. The van der Waals surface area contributed by atoms with Crippen LogP contribution in [0.1, 0.15) is 10.4 Å². The summed E-state index contributed by atoms with van der Waals surface area (Å²) in [5, 5.41) is 0. The van der Waals surface area contributed by atoms with Gasteiger partial charge in [-0.15, -0.1) is 0 Å². The molecule has 1 aromatic heterocycles. The van der Waals surface area contributed by atoms with Gasteiger partial charge in [-0.2, -0.15) is 0 Å². The quantitative estimate of drug-likeness (QED) is 0.861. The lowest BCUT2D eigenvalue weighted by molar-refractivity contribution is 0.0177. The molecule has 0 saturated carbocycles. The Kier molecular flexibility index (Phi) is 3.73. The van der Waals surface area contributed by atoms with Crippen molar-refractivity contribution in [2.45, 2.75) is 6.10 Å². The van der Waals surface area contributed by atoms with Crippen molar-refractivity contribution >= 4 is 5.91 Å². The largest absolute Gasteiger partial charge is 0.497 e. The third-order valence-corrected chi connectivity index (χ3v) is 3.42. The maximum absolute atomic E-state index is 12.2. The van der Waals surface area contributed by atoms with Crippen molar-refractivity contribution in [2.24, 2.45) is 0 Å². The summed E-state index contributed by atoms with van der Waals surface area (Å²) in [4.78, 5) is 18.0. The molecule has 1 aliphatic rings. The zero-order chi connectivity index (χ0) is 14.7. The summed E-state index contributed by atoms with van der Waals surface area (Å²) in [6, 6.07) is 10.8. The van der Waals surface area contributed by atoms with Crippen LogP contribution in [0.3, 0.4) is 0 Å². The van der Waals surface area contributed by atoms with Gasteiger partial charge in [0.05, 0.1) is 20.2 Å². The van der Waals surface area contributed by atoms with Crippen molar-refractivity contribution in [1.82, 2.24) is 9.88 Å². The number of hydrogen-bond donors (Lipinski definition) is 0. The first-order chi connectivity index (χ1) is 10.3. The van der Waals surface area contributed by atoms with Crippen molar-refractivity contribution in [3.05, 3.63) is 54.4 Å². The molecule has 5 heteroatoms. The molecule has 0 spiro atoms.